The number of nitrogens with zero attached hydrogens (tertiary/aromatic N) is 1. The molecule has 0 aliphatic rings. The number of imidazole rings is 1. The van der Waals surface area contributed by atoms with Gasteiger partial charge in [0.2, 0.25) is 0 Å². The van der Waals surface area contributed by atoms with Crippen molar-refractivity contribution < 1.29 is 0 Å². The van der Waals surface area contributed by atoms with Crippen LogP contribution in [0.3, 0.4) is 0 Å². The first kappa shape index (κ1) is 7.29. The Balaban J connectivity index is 2.82. The van der Waals surface area contributed by atoms with E-state index in [-0.39, 0.29) is 0 Å². The number of hydrogen-bond acceptors (Lipinski definition) is 2. The van der Waals surface area contributed by atoms with Gasteiger partial charge < -0.3 is 10.4 Å². The molecule has 0 bridgehead atoms. The maximum absolute atomic E-state index is 6.71. The lowest BCUT2D eigenvalue weighted by atomic mass is 10.5. The minimum Gasteiger partial charge on any atom is -0.332 e. The molecule has 0 saturated heterocycles. The first-order valence-electron chi connectivity index (χ1n) is 3.05. The van der Waals surface area contributed by atoms with E-state index in [0.717, 1.165) is 0 Å². The lowest BCUT2D eigenvalue weighted by molar-refractivity contribution is 1.26. The third-order valence-corrected chi connectivity index (χ3v) is 1.10. The van der Waals surface area contributed by atoms with E-state index in [2.05, 4.69) is 15.9 Å². The van der Waals surface area contributed by atoms with Crippen molar-refractivity contribution in [3.05, 3.63) is 23.8 Å². The van der Waals surface area contributed by atoms with Crippen molar-refractivity contribution in [3.8, 4) is 12.3 Å². The molecule has 0 aliphatic carbocycles. The molecule has 3 heteroatoms. The lowest BCUT2D eigenvalue weighted by Gasteiger charge is -1.79. The summed E-state index contributed by atoms with van der Waals surface area (Å²) in [5.74, 6) is 3.08. The number of aromatic amines is 1. The zero-order chi connectivity index (χ0) is 8.10. The van der Waals surface area contributed by atoms with Crippen molar-refractivity contribution >= 4 is 12.3 Å². The molecule has 1 aromatic heterocycles. The molecule has 0 radical (unpaired) electrons. The Morgan fingerprint density at radius 1 is 1.73 bits per heavy atom. The van der Waals surface area contributed by atoms with E-state index in [9.17, 15) is 0 Å². The van der Waals surface area contributed by atoms with Gasteiger partial charge in [0.15, 0.2) is 0 Å². The molecular weight excluding hydrogens is 138 g/mol. The van der Waals surface area contributed by atoms with Crippen molar-refractivity contribution in [2.75, 3.05) is 0 Å². The molecule has 0 saturated carbocycles. The van der Waals surface area contributed by atoms with Crippen molar-refractivity contribution in [1.82, 2.24) is 9.97 Å². The Labute approximate surface area is 64.7 Å². The summed E-state index contributed by atoms with van der Waals surface area (Å²) in [6.07, 6.45) is 11.1. The zero-order valence-electron chi connectivity index (χ0n) is 5.83. The SMILES string of the molecule is C#Cc1cnc(C=CC=N)[nH]1. The van der Waals surface area contributed by atoms with Crippen molar-refractivity contribution in [3.63, 3.8) is 0 Å². The second-order valence-corrected chi connectivity index (χ2v) is 1.85. The van der Waals surface area contributed by atoms with Gasteiger partial charge in [-0.25, -0.2) is 4.98 Å². The normalized spacial score (nSPS) is 9.73. The lowest BCUT2D eigenvalue weighted by Crippen LogP contribution is -1.74. The average Bonchev–Trinajstić information content (AvgIpc) is 2.48. The number of rotatable bonds is 2. The van der Waals surface area contributed by atoms with Crippen LogP contribution in [-0.4, -0.2) is 16.2 Å². The highest BCUT2D eigenvalue weighted by atomic mass is 14.9. The fraction of sp³-hybridized carbons (Fsp3) is 0. The predicted molar refractivity (Wildman–Crippen MR) is 44.3 cm³/mol. The van der Waals surface area contributed by atoms with E-state index in [1.165, 1.54) is 6.21 Å². The van der Waals surface area contributed by atoms with Gasteiger partial charge in [0.05, 0.1) is 6.20 Å². The molecule has 0 unspecified atom stereocenters. The molecule has 0 fully saturated rings. The van der Waals surface area contributed by atoms with Crippen LogP contribution < -0.4 is 0 Å². The summed E-state index contributed by atoms with van der Waals surface area (Å²) in [5.41, 5.74) is 0.648. The minimum absolute atomic E-state index is 0.648. The highest BCUT2D eigenvalue weighted by molar-refractivity contribution is 5.74. The van der Waals surface area contributed by atoms with Gasteiger partial charge in [0.1, 0.15) is 11.5 Å². The molecule has 11 heavy (non-hydrogen) atoms. The molecular formula is C8H7N3. The summed E-state index contributed by atoms with van der Waals surface area (Å²) in [5, 5.41) is 6.71. The van der Waals surface area contributed by atoms with Gasteiger partial charge in [-0.1, -0.05) is 5.92 Å². The van der Waals surface area contributed by atoms with Crippen LogP contribution in [-0.2, 0) is 0 Å². The molecule has 1 rings (SSSR count). The number of hydrogen-bond donors (Lipinski definition) is 2. The summed E-state index contributed by atoms with van der Waals surface area (Å²) < 4.78 is 0. The predicted octanol–water partition coefficient (Wildman–Crippen LogP) is 1.05. The highest BCUT2D eigenvalue weighted by Crippen LogP contribution is 1.96. The Morgan fingerprint density at radius 2 is 2.55 bits per heavy atom. The third kappa shape index (κ3) is 1.80. The Bertz CT molecular complexity index is 314. The smallest absolute Gasteiger partial charge is 0.130 e. The van der Waals surface area contributed by atoms with Crippen LogP contribution in [0.25, 0.3) is 6.08 Å². The van der Waals surface area contributed by atoms with E-state index in [0.29, 0.717) is 11.5 Å². The second kappa shape index (κ2) is 3.37. The van der Waals surface area contributed by atoms with Crippen LogP contribution in [0.1, 0.15) is 11.5 Å². The topological polar surface area (TPSA) is 52.5 Å². The van der Waals surface area contributed by atoms with Gasteiger partial charge in [-0.05, 0) is 12.2 Å². The third-order valence-electron chi connectivity index (χ3n) is 1.10. The van der Waals surface area contributed by atoms with Gasteiger partial charge in [-0.3, -0.25) is 0 Å². The van der Waals surface area contributed by atoms with Crippen LogP contribution in [0, 0.1) is 17.8 Å². The largest absolute Gasteiger partial charge is 0.332 e. The first-order valence-corrected chi connectivity index (χ1v) is 3.05. The minimum atomic E-state index is 0.648. The van der Waals surface area contributed by atoms with Crippen LogP contribution in [0.4, 0.5) is 0 Å². The highest BCUT2D eigenvalue weighted by Gasteiger charge is 1.90. The number of nitrogens with one attached hydrogen (secondary N) is 2. The van der Waals surface area contributed by atoms with Crippen molar-refractivity contribution in [2.24, 2.45) is 0 Å². The van der Waals surface area contributed by atoms with E-state index in [4.69, 9.17) is 11.8 Å². The van der Waals surface area contributed by atoms with E-state index >= 15 is 0 Å². The van der Waals surface area contributed by atoms with Gasteiger partial charge in [-0.15, -0.1) is 6.42 Å². The Morgan fingerprint density at radius 3 is 3.09 bits per heavy atom. The summed E-state index contributed by atoms with van der Waals surface area (Å²) in [4.78, 5) is 6.80. The van der Waals surface area contributed by atoms with Gasteiger partial charge >= 0.3 is 0 Å². The van der Waals surface area contributed by atoms with Crippen molar-refractivity contribution in [2.45, 2.75) is 0 Å². The van der Waals surface area contributed by atoms with Gasteiger partial charge in [0.25, 0.3) is 0 Å². The maximum Gasteiger partial charge on any atom is 0.130 e. The number of terminal acetylenes is 1. The maximum atomic E-state index is 6.71. The number of aromatic nitrogens is 2. The van der Waals surface area contributed by atoms with Crippen LogP contribution in [0.2, 0.25) is 0 Å². The monoisotopic (exact) mass is 145 g/mol. The molecule has 54 valence electrons. The molecule has 0 atom stereocenters. The average molecular weight is 145 g/mol. The molecule has 1 aromatic rings. The van der Waals surface area contributed by atoms with E-state index in [1.807, 2.05) is 0 Å². The molecule has 3 nitrogen and oxygen atoms in total. The number of allylic oxidation sites excluding steroid dienone is 1. The standard InChI is InChI=1S/C8H7N3/c1-2-7-6-10-8(11-7)4-3-5-9/h1,3-6,9H,(H,10,11). The molecule has 0 amide bonds. The fourth-order valence-electron chi connectivity index (χ4n) is 0.634. The van der Waals surface area contributed by atoms with E-state index in [1.54, 1.807) is 18.3 Å². The quantitative estimate of drug-likeness (QED) is 0.474. The van der Waals surface area contributed by atoms with Crippen LogP contribution >= 0.6 is 0 Å². The summed E-state index contributed by atoms with van der Waals surface area (Å²) >= 11 is 0. The fourth-order valence-corrected chi connectivity index (χ4v) is 0.634. The van der Waals surface area contributed by atoms with Crippen LogP contribution in [0.15, 0.2) is 12.3 Å². The Kier molecular flexibility index (Phi) is 2.24. The van der Waals surface area contributed by atoms with Crippen molar-refractivity contribution in [1.29, 1.82) is 5.41 Å². The van der Waals surface area contributed by atoms with Crippen LogP contribution in [0.5, 0.6) is 0 Å². The zero-order valence-corrected chi connectivity index (χ0v) is 5.83. The first-order chi connectivity index (χ1) is 5.36. The van der Waals surface area contributed by atoms with Gasteiger partial charge in [-0.2, -0.15) is 0 Å². The summed E-state index contributed by atoms with van der Waals surface area (Å²) in [6.45, 7) is 0. The Hall–Kier alpha value is -1.82. The second-order valence-electron chi connectivity index (χ2n) is 1.85. The molecule has 0 aliphatic heterocycles. The molecule has 2 N–H and O–H groups in total. The molecule has 0 aromatic carbocycles. The number of H-pyrrole nitrogens is 1. The molecule has 1 heterocycles. The summed E-state index contributed by atoms with van der Waals surface area (Å²) in [7, 11) is 0. The van der Waals surface area contributed by atoms with E-state index < -0.39 is 0 Å². The summed E-state index contributed by atoms with van der Waals surface area (Å²) in [6, 6.07) is 0. The molecule has 0 spiro atoms. The van der Waals surface area contributed by atoms with Gasteiger partial charge in [0, 0.05) is 6.21 Å².